The van der Waals surface area contributed by atoms with Gasteiger partial charge in [0.05, 0.1) is 36.0 Å². The quantitative estimate of drug-likeness (QED) is 0.191. The third kappa shape index (κ3) is 7.81. The number of rotatable bonds is 15. The second kappa shape index (κ2) is 15.1. The standard InChI is InChI=1S/C33H44N6O5S/c1-4-11-28-30-31(37(3)36-28)33(40)35-32(34-30)27-23-26(14-15-29(27)44-20-5-2)45(41,42)39(24-25-12-7-6-8-13-25)17-10-9-16-38-18-21-43-22-19-38/h6-8,12-15,23H,4-5,9-11,16-22,24H2,1-3H3,(H,34,35,40). The molecule has 1 saturated heterocycles. The molecular formula is C33H44N6O5S. The fourth-order valence-electron chi connectivity index (χ4n) is 5.64. The summed E-state index contributed by atoms with van der Waals surface area (Å²) in [5.41, 5.74) is 2.61. The fourth-order valence-corrected chi connectivity index (χ4v) is 7.13. The normalized spacial score (nSPS) is 14.4. The van der Waals surface area contributed by atoms with Crippen molar-refractivity contribution < 1.29 is 17.9 Å². The minimum absolute atomic E-state index is 0.119. The lowest BCUT2D eigenvalue weighted by atomic mass is 10.1. The van der Waals surface area contributed by atoms with Crippen LogP contribution in [0.25, 0.3) is 22.4 Å². The summed E-state index contributed by atoms with van der Waals surface area (Å²) >= 11 is 0. The van der Waals surface area contributed by atoms with E-state index in [-0.39, 0.29) is 22.8 Å². The molecule has 0 bridgehead atoms. The van der Waals surface area contributed by atoms with Crippen molar-refractivity contribution in [2.75, 3.05) is 46.0 Å². The molecule has 1 aliphatic rings. The number of sulfonamides is 1. The van der Waals surface area contributed by atoms with Gasteiger partial charge < -0.3 is 14.5 Å². The largest absolute Gasteiger partial charge is 0.493 e. The first-order chi connectivity index (χ1) is 21.8. The van der Waals surface area contributed by atoms with E-state index in [1.807, 2.05) is 44.2 Å². The van der Waals surface area contributed by atoms with E-state index in [1.165, 1.54) is 0 Å². The number of hydrogen-bond acceptors (Lipinski definition) is 8. The van der Waals surface area contributed by atoms with Gasteiger partial charge in [0, 0.05) is 33.2 Å². The van der Waals surface area contributed by atoms with E-state index in [4.69, 9.17) is 14.5 Å². The Balaban J connectivity index is 1.50. The molecule has 45 heavy (non-hydrogen) atoms. The minimum Gasteiger partial charge on any atom is -0.493 e. The lowest BCUT2D eigenvalue weighted by molar-refractivity contribution is 0.0370. The molecule has 2 aromatic heterocycles. The molecule has 0 aliphatic carbocycles. The van der Waals surface area contributed by atoms with Crippen molar-refractivity contribution >= 4 is 21.1 Å². The highest BCUT2D eigenvalue weighted by molar-refractivity contribution is 7.89. The van der Waals surface area contributed by atoms with E-state index in [2.05, 4.69) is 15.0 Å². The minimum atomic E-state index is -3.93. The maximum absolute atomic E-state index is 14.3. The molecule has 0 unspecified atom stereocenters. The molecule has 0 radical (unpaired) electrons. The summed E-state index contributed by atoms with van der Waals surface area (Å²) in [7, 11) is -2.20. The number of nitrogens with one attached hydrogen (secondary N) is 1. The van der Waals surface area contributed by atoms with Gasteiger partial charge in [0.25, 0.3) is 5.56 Å². The van der Waals surface area contributed by atoms with E-state index in [0.717, 1.165) is 69.8 Å². The highest BCUT2D eigenvalue weighted by atomic mass is 32.2. The zero-order valence-corrected chi connectivity index (χ0v) is 27.3. The van der Waals surface area contributed by atoms with E-state index < -0.39 is 10.0 Å². The Kier molecular flexibility index (Phi) is 11.0. The van der Waals surface area contributed by atoms with Crippen LogP contribution in [0.3, 0.4) is 0 Å². The molecule has 0 amide bonds. The first kappa shape index (κ1) is 32.8. The van der Waals surface area contributed by atoms with Crippen LogP contribution in [-0.2, 0) is 34.8 Å². The summed E-state index contributed by atoms with van der Waals surface area (Å²) in [6.45, 7) is 9.30. The number of morpholine rings is 1. The Hall–Kier alpha value is -3.58. The zero-order valence-electron chi connectivity index (χ0n) is 26.5. The SMILES string of the molecule is CCCOc1ccc(S(=O)(=O)N(CCCCN2CCOCC2)Cc2ccccc2)cc1-c1nc2c(CCC)nn(C)c2c(=O)[nH]1. The van der Waals surface area contributed by atoms with E-state index in [0.29, 0.717) is 41.9 Å². The van der Waals surface area contributed by atoms with Gasteiger partial charge >= 0.3 is 0 Å². The molecule has 0 atom stereocenters. The monoisotopic (exact) mass is 636 g/mol. The molecule has 11 nitrogen and oxygen atoms in total. The predicted octanol–water partition coefficient (Wildman–Crippen LogP) is 4.37. The Morgan fingerprint density at radius 1 is 1.04 bits per heavy atom. The lowest BCUT2D eigenvalue weighted by Crippen LogP contribution is -2.37. The van der Waals surface area contributed by atoms with Crippen LogP contribution in [0.2, 0.25) is 0 Å². The molecule has 12 heteroatoms. The van der Waals surface area contributed by atoms with Crippen LogP contribution >= 0.6 is 0 Å². The predicted molar refractivity (Wildman–Crippen MR) is 175 cm³/mol. The highest BCUT2D eigenvalue weighted by Gasteiger charge is 2.27. The molecule has 242 valence electrons. The van der Waals surface area contributed by atoms with Crippen molar-refractivity contribution in [3.8, 4) is 17.1 Å². The van der Waals surface area contributed by atoms with Crippen LogP contribution in [0.4, 0.5) is 0 Å². The fraction of sp³-hybridized carbons (Fsp3) is 0.485. The molecule has 0 spiro atoms. The average Bonchev–Trinajstić information content (AvgIpc) is 3.37. The molecule has 5 rings (SSSR count). The number of nitrogens with zero attached hydrogens (tertiary/aromatic N) is 5. The van der Waals surface area contributed by atoms with E-state index in [9.17, 15) is 13.2 Å². The van der Waals surface area contributed by atoms with Crippen LogP contribution in [0, 0.1) is 0 Å². The summed E-state index contributed by atoms with van der Waals surface area (Å²) in [5, 5.41) is 4.52. The number of hydrogen-bond donors (Lipinski definition) is 1. The second-order valence-corrected chi connectivity index (χ2v) is 13.4. The lowest BCUT2D eigenvalue weighted by Gasteiger charge is -2.27. The van der Waals surface area contributed by atoms with Gasteiger partial charge in [-0.2, -0.15) is 9.40 Å². The van der Waals surface area contributed by atoms with E-state index in [1.54, 1.807) is 34.2 Å². The van der Waals surface area contributed by atoms with Crippen molar-refractivity contribution in [3.05, 3.63) is 70.1 Å². The Labute approximate surface area is 265 Å². The Morgan fingerprint density at radius 2 is 1.82 bits per heavy atom. The van der Waals surface area contributed by atoms with Gasteiger partial charge in [-0.15, -0.1) is 0 Å². The highest BCUT2D eigenvalue weighted by Crippen LogP contribution is 2.33. The number of unbranched alkanes of at least 4 members (excludes halogenated alkanes) is 1. The third-order valence-corrected chi connectivity index (χ3v) is 9.83. The number of benzene rings is 2. The van der Waals surface area contributed by atoms with Crippen molar-refractivity contribution in [1.82, 2.24) is 29.0 Å². The van der Waals surface area contributed by atoms with Crippen molar-refractivity contribution in [3.63, 3.8) is 0 Å². The number of ether oxygens (including phenoxy) is 2. The molecule has 3 heterocycles. The molecule has 1 fully saturated rings. The topological polar surface area (TPSA) is 123 Å². The maximum Gasteiger partial charge on any atom is 0.277 e. The van der Waals surface area contributed by atoms with Gasteiger partial charge in [-0.25, -0.2) is 13.4 Å². The van der Waals surface area contributed by atoms with Crippen molar-refractivity contribution in [1.29, 1.82) is 0 Å². The smallest absolute Gasteiger partial charge is 0.277 e. The number of aromatic nitrogens is 4. The molecule has 2 aromatic carbocycles. The second-order valence-electron chi connectivity index (χ2n) is 11.4. The molecular weight excluding hydrogens is 592 g/mol. The first-order valence-corrected chi connectivity index (χ1v) is 17.3. The van der Waals surface area contributed by atoms with Crippen LogP contribution in [0.1, 0.15) is 50.8 Å². The van der Waals surface area contributed by atoms with Gasteiger partial charge in [0.1, 0.15) is 17.1 Å². The number of aryl methyl sites for hydroxylation is 2. The zero-order chi connectivity index (χ0) is 31.8. The van der Waals surface area contributed by atoms with Crippen molar-refractivity contribution in [2.24, 2.45) is 7.05 Å². The van der Waals surface area contributed by atoms with Gasteiger partial charge in [-0.3, -0.25) is 14.4 Å². The maximum atomic E-state index is 14.3. The average molecular weight is 637 g/mol. The van der Waals surface area contributed by atoms with E-state index >= 15 is 0 Å². The molecule has 0 saturated carbocycles. The number of fused-ring (bicyclic) bond motifs is 1. The summed E-state index contributed by atoms with van der Waals surface area (Å²) in [4.78, 5) is 23.4. The Bertz CT molecular complexity index is 1730. The van der Waals surface area contributed by atoms with Crippen LogP contribution in [-0.4, -0.2) is 83.4 Å². The molecule has 4 aromatic rings. The summed E-state index contributed by atoms with van der Waals surface area (Å²) < 4.78 is 43.2. The summed E-state index contributed by atoms with van der Waals surface area (Å²) in [6, 6.07) is 14.5. The van der Waals surface area contributed by atoms with Gasteiger partial charge in [-0.1, -0.05) is 50.6 Å². The first-order valence-electron chi connectivity index (χ1n) is 15.9. The van der Waals surface area contributed by atoms with Crippen LogP contribution in [0.5, 0.6) is 5.75 Å². The number of H-pyrrole nitrogens is 1. The van der Waals surface area contributed by atoms with Gasteiger partial charge in [0.15, 0.2) is 5.52 Å². The van der Waals surface area contributed by atoms with Crippen LogP contribution in [0.15, 0.2) is 58.2 Å². The molecule has 1 aliphatic heterocycles. The third-order valence-electron chi connectivity index (χ3n) is 7.99. The Morgan fingerprint density at radius 3 is 2.56 bits per heavy atom. The summed E-state index contributed by atoms with van der Waals surface area (Å²) in [5.74, 6) is 0.709. The van der Waals surface area contributed by atoms with Crippen LogP contribution < -0.4 is 10.3 Å². The van der Waals surface area contributed by atoms with Crippen molar-refractivity contribution in [2.45, 2.75) is 57.4 Å². The summed E-state index contributed by atoms with van der Waals surface area (Å²) in [6.07, 6.45) is 3.88. The van der Waals surface area contributed by atoms with Gasteiger partial charge in [-0.05, 0) is 56.0 Å². The van der Waals surface area contributed by atoms with Gasteiger partial charge in [0.2, 0.25) is 10.0 Å². The molecule has 1 N–H and O–H groups in total. The number of aromatic amines is 1.